The standard InChI is InChI=1S/C17H18BrNO2/c1-2-16(13-7-6-8-14(18)11-13)19(12-17(20)21)15-9-4-3-5-10-15/h3-11,16H,2,12H2,1H3,(H,20,21). The molecule has 2 aromatic carbocycles. The van der Waals surface area contributed by atoms with Crippen LogP contribution in [0, 0.1) is 0 Å². The fraction of sp³-hybridized carbons (Fsp3) is 0.235. The minimum absolute atomic E-state index is 0.0188. The third-order valence-electron chi connectivity index (χ3n) is 3.39. The van der Waals surface area contributed by atoms with Crippen LogP contribution in [0.3, 0.4) is 0 Å². The Morgan fingerprint density at radius 3 is 2.48 bits per heavy atom. The van der Waals surface area contributed by atoms with Gasteiger partial charge in [-0.25, -0.2) is 0 Å². The molecule has 0 radical (unpaired) electrons. The zero-order valence-corrected chi connectivity index (χ0v) is 13.5. The molecule has 0 heterocycles. The maximum Gasteiger partial charge on any atom is 0.323 e. The van der Waals surface area contributed by atoms with Gasteiger partial charge in [-0.2, -0.15) is 0 Å². The zero-order valence-electron chi connectivity index (χ0n) is 11.9. The van der Waals surface area contributed by atoms with Crippen LogP contribution in [0.25, 0.3) is 0 Å². The van der Waals surface area contributed by atoms with E-state index in [1.54, 1.807) is 0 Å². The average molecular weight is 348 g/mol. The van der Waals surface area contributed by atoms with Crippen LogP contribution in [-0.4, -0.2) is 17.6 Å². The van der Waals surface area contributed by atoms with E-state index in [0.717, 1.165) is 22.1 Å². The second kappa shape index (κ2) is 7.27. The predicted molar refractivity (Wildman–Crippen MR) is 88.6 cm³/mol. The first kappa shape index (κ1) is 15.6. The van der Waals surface area contributed by atoms with Crippen LogP contribution in [0.4, 0.5) is 5.69 Å². The Hall–Kier alpha value is -1.81. The largest absolute Gasteiger partial charge is 0.480 e. The van der Waals surface area contributed by atoms with Crippen molar-refractivity contribution in [1.29, 1.82) is 0 Å². The zero-order chi connectivity index (χ0) is 15.2. The molecule has 0 fully saturated rings. The predicted octanol–water partition coefficient (Wildman–Crippen LogP) is 4.49. The molecule has 21 heavy (non-hydrogen) atoms. The number of benzene rings is 2. The lowest BCUT2D eigenvalue weighted by Crippen LogP contribution is -2.33. The number of nitrogens with zero attached hydrogens (tertiary/aromatic N) is 1. The van der Waals surface area contributed by atoms with Crippen molar-refractivity contribution in [1.82, 2.24) is 0 Å². The van der Waals surface area contributed by atoms with Gasteiger partial charge in [-0.15, -0.1) is 0 Å². The molecule has 0 saturated heterocycles. The lowest BCUT2D eigenvalue weighted by atomic mass is 10.0. The van der Waals surface area contributed by atoms with Gasteiger partial charge in [0.05, 0.1) is 6.04 Å². The summed E-state index contributed by atoms with van der Waals surface area (Å²) in [4.78, 5) is 13.2. The van der Waals surface area contributed by atoms with Crippen molar-refractivity contribution in [3.63, 3.8) is 0 Å². The molecule has 0 aromatic heterocycles. The van der Waals surface area contributed by atoms with Crippen LogP contribution in [0.2, 0.25) is 0 Å². The van der Waals surface area contributed by atoms with Gasteiger partial charge < -0.3 is 10.0 Å². The summed E-state index contributed by atoms with van der Waals surface area (Å²) in [5.41, 5.74) is 2.03. The number of hydrogen-bond donors (Lipinski definition) is 1. The summed E-state index contributed by atoms with van der Waals surface area (Å²) >= 11 is 3.48. The van der Waals surface area contributed by atoms with Gasteiger partial charge in [0.1, 0.15) is 6.54 Å². The van der Waals surface area contributed by atoms with Crippen molar-refractivity contribution >= 4 is 27.6 Å². The number of anilines is 1. The Morgan fingerprint density at radius 1 is 1.19 bits per heavy atom. The maximum atomic E-state index is 11.3. The summed E-state index contributed by atoms with van der Waals surface area (Å²) in [6.07, 6.45) is 0.832. The average Bonchev–Trinajstić information content (AvgIpc) is 2.48. The summed E-state index contributed by atoms with van der Waals surface area (Å²) in [5, 5.41) is 9.24. The van der Waals surface area contributed by atoms with Crippen LogP contribution in [0.15, 0.2) is 59.1 Å². The van der Waals surface area contributed by atoms with Crippen molar-refractivity contribution in [2.24, 2.45) is 0 Å². The van der Waals surface area contributed by atoms with E-state index in [1.807, 2.05) is 59.5 Å². The molecular weight excluding hydrogens is 330 g/mol. The lowest BCUT2D eigenvalue weighted by molar-refractivity contribution is -0.135. The summed E-state index contributed by atoms with van der Waals surface area (Å²) in [6, 6.07) is 17.8. The number of halogens is 1. The van der Waals surface area contributed by atoms with Crippen molar-refractivity contribution in [3.05, 3.63) is 64.6 Å². The molecular formula is C17H18BrNO2. The molecule has 1 unspecified atom stereocenters. The first-order valence-electron chi connectivity index (χ1n) is 6.90. The second-order valence-electron chi connectivity index (χ2n) is 4.84. The van der Waals surface area contributed by atoms with Crippen LogP contribution < -0.4 is 4.90 Å². The van der Waals surface area contributed by atoms with E-state index in [2.05, 4.69) is 22.9 Å². The van der Waals surface area contributed by atoms with Crippen molar-refractivity contribution in [2.75, 3.05) is 11.4 Å². The van der Waals surface area contributed by atoms with Crippen LogP contribution >= 0.6 is 15.9 Å². The number of carbonyl (C=O) groups is 1. The minimum Gasteiger partial charge on any atom is -0.480 e. The number of aliphatic carboxylic acids is 1. The number of carboxylic acid groups (broad SMARTS) is 1. The second-order valence-corrected chi connectivity index (χ2v) is 5.75. The fourth-order valence-corrected chi connectivity index (χ4v) is 2.91. The Kier molecular flexibility index (Phi) is 5.39. The van der Waals surface area contributed by atoms with Crippen LogP contribution in [0.1, 0.15) is 24.9 Å². The quantitative estimate of drug-likeness (QED) is 0.836. The Labute approximate surface area is 133 Å². The fourth-order valence-electron chi connectivity index (χ4n) is 2.50. The Morgan fingerprint density at radius 2 is 1.90 bits per heavy atom. The van der Waals surface area contributed by atoms with E-state index in [9.17, 15) is 9.90 Å². The highest BCUT2D eigenvalue weighted by molar-refractivity contribution is 9.10. The molecule has 2 aromatic rings. The van der Waals surface area contributed by atoms with Gasteiger partial charge >= 0.3 is 5.97 Å². The third kappa shape index (κ3) is 4.08. The number of carboxylic acids is 1. The van der Waals surface area contributed by atoms with Gasteiger partial charge in [0, 0.05) is 10.2 Å². The number of rotatable bonds is 6. The highest BCUT2D eigenvalue weighted by atomic mass is 79.9. The molecule has 2 rings (SSSR count). The van der Waals surface area contributed by atoms with E-state index in [1.165, 1.54) is 0 Å². The summed E-state index contributed by atoms with van der Waals surface area (Å²) in [5.74, 6) is -0.827. The van der Waals surface area contributed by atoms with Gasteiger partial charge in [-0.05, 0) is 36.2 Å². The third-order valence-corrected chi connectivity index (χ3v) is 3.88. The molecule has 3 nitrogen and oxygen atoms in total. The topological polar surface area (TPSA) is 40.5 Å². The SMILES string of the molecule is CCC(c1cccc(Br)c1)N(CC(=O)O)c1ccccc1. The molecule has 0 aliphatic heterocycles. The highest BCUT2D eigenvalue weighted by Gasteiger charge is 2.21. The molecule has 4 heteroatoms. The van der Waals surface area contributed by atoms with E-state index >= 15 is 0 Å². The van der Waals surface area contributed by atoms with E-state index in [4.69, 9.17) is 0 Å². The number of para-hydroxylation sites is 1. The Bertz CT molecular complexity index is 601. The maximum absolute atomic E-state index is 11.3. The summed E-state index contributed by atoms with van der Waals surface area (Å²) < 4.78 is 1.00. The van der Waals surface area contributed by atoms with Crippen LogP contribution in [-0.2, 0) is 4.79 Å². The van der Waals surface area contributed by atoms with Crippen molar-refractivity contribution in [2.45, 2.75) is 19.4 Å². The molecule has 1 atom stereocenters. The van der Waals surface area contributed by atoms with Gasteiger partial charge in [0.2, 0.25) is 0 Å². The molecule has 0 bridgehead atoms. The van der Waals surface area contributed by atoms with Gasteiger partial charge in [-0.1, -0.05) is 53.2 Å². The van der Waals surface area contributed by atoms with Crippen molar-refractivity contribution < 1.29 is 9.90 Å². The van der Waals surface area contributed by atoms with Crippen molar-refractivity contribution in [3.8, 4) is 0 Å². The molecule has 110 valence electrons. The molecule has 0 amide bonds. The van der Waals surface area contributed by atoms with Gasteiger partial charge in [0.25, 0.3) is 0 Å². The molecule has 0 saturated carbocycles. The summed E-state index contributed by atoms with van der Waals surface area (Å²) in [7, 11) is 0. The van der Waals surface area contributed by atoms with Gasteiger partial charge in [0.15, 0.2) is 0 Å². The monoisotopic (exact) mass is 347 g/mol. The van der Waals surface area contributed by atoms with E-state index in [-0.39, 0.29) is 12.6 Å². The molecule has 0 spiro atoms. The molecule has 1 N–H and O–H groups in total. The minimum atomic E-state index is -0.827. The number of hydrogen-bond acceptors (Lipinski definition) is 2. The lowest BCUT2D eigenvalue weighted by Gasteiger charge is -2.32. The van der Waals surface area contributed by atoms with Crippen LogP contribution in [0.5, 0.6) is 0 Å². The summed E-state index contributed by atoms with van der Waals surface area (Å²) in [6.45, 7) is 2.05. The normalized spacial score (nSPS) is 11.9. The van der Waals surface area contributed by atoms with E-state index in [0.29, 0.717) is 0 Å². The van der Waals surface area contributed by atoms with Gasteiger partial charge in [-0.3, -0.25) is 4.79 Å². The Balaban J connectivity index is 2.40. The first-order chi connectivity index (χ1) is 10.1. The molecule has 0 aliphatic rings. The first-order valence-corrected chi connectivity index (χ1v) is 7.70. The smallest absolute Gasteiger partial charge is 0.323 e. The highest BCUT2D eigenvalue weighted by Crippen LogP contribution is 2.30. The molecule has 0 aliphatic carbocycles. The van der Waals surface area contributed by atoms with E-state index < -0.39 is 5.97 Å².